The Bertz CT molecular complexity index is 1100. The van der Waals surface area contributed by atoms with Crippen LogP contribution in [0.3, 0.4) is 0 Å². The lowest BCUT2D eigenvalue weighted by Crippen LogP contribution is -2.58. The molecular weight excluding hydrogens is 458 g/mol. The van der Waals surface area contributed by atoms with E-state index in [4.69, 9.17) is 10.5 Å². The number of aryl methyl sites for hydroxylation is 1. The first-order valence-electron chi connectivity index (χ1n) is 9.42. The van der Waals surface area contributed by atoms with Gasteiger partial charge in [0, 0.05) is 25.9 Å². The van der Waals surface area contributed by atoms with Gasteiger partial charge in [-0.05, 0) is 36.4 Å². The standard InChI is InChI=1S/C20H25N5O5S.ClH/c1-24-12-15(23-14-24)11-18(21)19(26)22-13-20(9-3-4-10-25(20)27)31(28,29)17-7-5-16(30-2)6-8-17;/h3-10,12,14,18,27H,11,13,21H2,1-2H3,(H,22,26);1H. The van der Waals surface area contributed by atoms with E-state index >= 15 is 0 Å². The summed E-state index contributed by atoms with van der Waals surface area (Å²) in [6, 6.07) is 4.83. The average molecular weight is 484 g/mol. The third kappa shape index (κ3) is 4.96. The van der Waals surface area contributed by atoms with Crippen molar-refractivity contribution in [2.24, 2.45) is 12.8 Å². The van der Waals surface area contributed by atoms with E-state index in [9.17, 15) is 18.4 Å². The van der Waals surface area contributed by atoms with Gasteiger partial charge in [0.15, 0.2) is 0 Å². The minimum Gasteiger partial charge on any atom is -0.497 e. The molecule has 12 heteroatoms. The topological polar surface area (TPSA) is 140 Å². The second-order valence-electron chi connectivity index (χ2n) is 7.13. The Morgan fingerprint density at radius 3 is 2.56 bits per heavy atom. The molecule has 0 fully saturated rings. The number of benzene rings is 1. The van der Waals surface area contributed by atoms with Crippen molar-refractivity contribution in [3.63, 3.8) is 0 Å². The number of sulfone groups is 1. The summed E-state index contributed by atoms with van der Waals surface area (Å²) in [4.78, 5) is 14.7. The van der Waals surface area contributed by atoms with Gasteiger partial charge in [0.25, 0.3) is 0 Å². The van der Waals surface area contributed by atoms with Gasteiger partial charge in [0.05, 0.1) is 36.6 Å². The van der Waals surface area contributed by atoms with Crippen molar-refractivity contribution in [3.05, 3.63) is 66.9 Å². The van der Waals surface area contributed by atoms with Gasteiger partial charge < -0.3 is 20.4 Å². The summed E-state index contributed by atoms with van der Waals surface area (Å²) in [7, 11) is -0.892. The Kier molecular flexibility index (Phi) is 8.07. The van der Waals surface area contributed by atoms with Gasteiger partial charge >= 0.3 is 0 Å². The van der Waals surface area contributed by atoms with E-state index in [1.165, 1.54) is 55.8 Å². The number of hydrogen-bond acceptors (Lipinski definition) is 8. The molecule has 32 heavy (non-hydrogen) atoms. The molecule has 2 unspecified atom stereocenters. The third-order valence-electron chi connectivity index (χ3n) is 4.96. The lowest BCUT2D eigenvalue weighted by Gasteiger charge is -2.38. The molecule has 1 amide bonds. The first-order valence-corrected chi connectivity index (χ1v) is 10.9. The summed E-state index contributed by atoms with van der Waals surface area (Å²) in [5.41, 5.74) is 6.61. The van der Waals surface area contributed by atoms with Crippen molar-refractivity contribution < 1.29 is 23.2 Å². The fourth-order valence-electron chi connectivity index (χ4n) is 3.18. The number of rotatable bonds is 8. The van der Waals surface area contributed by atoms with Crippen molar-refractivity contribution in [2.45, 2.75) is 22.2 Å². The van der Waals surface area contributed by atoms with Gasteiger partial charge in [-0.15, -0.1) is 12.4 Å². The monoisotopic (exact) mass is 483 g/mol. The van der Waals surface area contributed by atoms with Gasteiger partial charge in [0.1, 0.15) is 5.75 Å². The molecule has 2 heterocycles. The number of methoxy groups -OCH3 is 1. The highest BCUT2D eigenvalue weighted by atomic mass is 35.5. The van der Waals surface area contributed by atoms with Crippen LogP contribution in [-0.2, 0) is 28.1 Å². The van der Waals surface area contributed by atoms with Crippen molar-refractivity contribution in [3.8, 4) is 5.75 Å². The van der Waals surface area contributed by atoms with E-state index in [2.05, 4.69) is 10.3 Å². The fourth-order valence-corrected chi connectivity index (χ4v) is 4.91. The minimum absolute atomic E-state index is 0. The summed E-state index contributed by atoms with van der Waals surface area (Å²) in [6.45, 7) is -0.423. The maximum Gasteiger partial charge on any atom is 0.237 e. The molecule has 0 saturated carbocycles. The van der Waals surface area contributed by atoms with Crippen LogP contribution in [0.1, 0.15) is 5.69 Å². The zero-order chi connectivity index (χ0) is 22.6. The normalized spacial score (nSPS) is 18.7. The fraction of sp³-hybridized carbons (Fsp3) is 0.300. The molecule has 0 saturated heterocycles. The molecule has 3 rings (SSSR count). The number of ether oxygens (including phenoxy) is 1. The summed E-state index contributed by atoms with van der Waals surface area (Å²) in [5.74, 6) is -0.0759. The van der Waals surface area contributed by atoms with E-state index in [1.807, 2.05) is 0 Å². The molecule has 1 aliphatic heterocycles. The molecule has 174 valence electrons. The summed E-state index contributed by atoms with van der Waals surface area (Å²) in [6.07, 6.45) is 9.03. The molecule has 10 nitrogen and oxygen atoms in total. The zero-order valence-corrected chi connectivity index (χ0v) is 19.2. The zero-order valence-electron chi connectivity index (χ0n) is 17.6. The number of hydroxylamine groups is 2. The second kappa shape index (κ2) is 10.2. The Labute approximate surface area is 192 Å². The van der Waals surface area contributed by atoms with Gasteiger partial charge in [-0.2, -0.15) is 0 Å². The van der Waals surface area contributed by atoms with Gasteiger partial charge in [-0.25, -0.2) is 18.5 Å². The summed E-state index contributed by atoms with van der Waals surface area (Å²) >= 11 is 0. The molecule has 1 aromatic carbocycles. The van der Waals surface area contributed by atoms with Gasteiger partial charge in [-0.1, -0.05) is 6.08 Å². The van der Waals surface area contributed by atoms with Crippen molar-refractivity contribution >= 4 is 28.2 Å². The largest absolute Gasteiger partial charge is 0.497 e. The Morgan fingerprint density at radius 2 is 2.00 bits per heavy atom. The Balaban J connectivity index is 0.00000363. The first-order chi connectivity index (χ1) is 14.7. The van der Waals surface area contributed by atoms with Crippen LogP contribution in [0.2, 0.25) is 0 Å². The van der Waals surface area contributed by atoms with Crippen LogP contribution >= 0.6 is 12.4 Å². The highest BCUT2D eigenvalue weighted by molar-refractivity contribution is 7.93. The third-order valence-corrected chi connectivity index (χ3v) is 7.25. The van der Waals surface area contributed by atoms with Crippen LogP contribution in [0.5, 0.6) is 5.75 Å². The molecule has 1 aliphatic rings. The van der Waals surface area contributed by atoms with E-state index in [0.717, 1.165) is 0 Å². The molecule has 0 aliphatic carbocycles. The molecule has 2 aromatic rings. The first kappa shape index (κ1) is 25.4. The Morgan fingerprint density at radius 1 is 1.31 bits per heavy atom. The van der Waals surface area contributed by atoms with E-state index in [1.54, 1.807) is 24.1 Å². The van der Waals surface area contributed by atoms with Gasteiger partial charge in [-0.3, -0.25) is 10.0 Å². The Hall–Kier alpha value is -2.86. The van der Waals surface area contributed by atoms with Crippen molar-refractivity contribution in [1.82, 2.24) is 19.9 Å². The highest BCUT2D eigenvalue weighted by Gasteiger charge is 2.48. The molecule has 1 aromatic heterocycles. The second-order valence-corrected chi connectivity index (χ2v) is 9.31. The molecular formula is C20H26ClN5O5S. The van der Waals surface area contributed by atoms with Crippen LogP contribution < -0.4 is 15.8 Å². The van der Waals surface area contributed by atoms with Crippen LogP contribution in [0.4, 0.5) is 0 Å². The van der Waals surface area contributed by atoms with Crippen LogP contribution in [0.25, 0.3) is 0 Å². The number of allylic oxidation sites excluding steroid dienone is 2. The molecule has 0 radical (unpaired) electrons. The maximum atomic E-state index is 13.5. The van der Waals surface area contributed by atoms with E-state index in [-0.39, 0.29) is 23.7 Å². The molecule has 2 atom stereocenters. The summed E-state index contributed by atoms with van der Waals surface area (Å²) < 4.78 is 33.8. The SMILES string of the molecule is COc1ccc(S(=O)(=O)C2(CNC(=O)C(N)Cc3cn(C)cn3)C=CC=CN2O)cc1.Cl. The van der Waals surface area contributed by atoms with E-state index < -0.39 is 33.2 Å². The predicted molar refractivity (Wildman–Crippen MR) is 120 cm³/mol. The number of aromatic nitrogens is 2. The smallest absolute Gasteiger partial charge is 0.237 e. The van der Waals surface area contributed by atoms with Crippen molar-refractivity contribution in [2.75, 3.05) is 13.7 Å². The number of hydrogen-bond donors (Lipinski definition) is 3. The summed E-state index contributed by atoms with van der Waals surface area (Å²) in [5, 5.41) is 13.6. The highest BCUT2D eigenvalue weighted by Crippen LogP contribution is 2.32. The quantitative estimate of drug-likeness (QED) is 0.500. The minimum atomic E-state index is -4.16. The van der Waals surface area contributed by atoms with Crippen LogP contribution in [-0.4, -0.2) is 58.7 Å². The molecule has 0 bridgehead atoms. The number of halogens is 1. The number of amides is 1. The number of imidazole rings is 1. The number of nitrogens with one attached hydrogen (secondary N) is 1. The lowest BCUT2D eigenvalue weighted by molar-refractivity contribution is -0.124. The molecule has 0 spiro atoms. The molecule has 4 N–H and O–H groups in total. The number of nitrogens with zero attached hydrogens (tertiary/aromatic N) is 3. The number of nitrogens with two attached hydrogens (primary N) is 1. The average Bonchev–Trinajstić information content (AvgIpc) is 3.17. The maximum absolute atomic E-state index is 13.5. The van der Waals surface area contributed by atoms with Crippen LogP contribution in [0.15, 0.2) is 66.1 Å². The van der Waals surface area contributed by atoms with Gasteiger partial charge in [0.2, 0.25) is 20.6 Å². The lowest BCUT2D eigenvalue weighted by atomic mass is 10.1. The number of carbonyl (C=O) groups excluding carboxylic acids is 1. The van der Waals surface area contributed by atoms with Crippen LogP contribution in [0, 0.1) is 0 Å². The van der Waals surface area contributed by atoms with E-state index in [0.29, 0.717) is 16.5 Å². The number of carbonyl (C=O) groups is 1. The predicted octanol–water partition coefficient (Wildman–Crippen LogP) is 0.781. The van der Waals surface area contributed by atoms with Crippen molar-refractivity contribution in [1.29, 1.82) is 0 Å².